The van der Waals surface area contributed by atoms with Gasteiger partial charge in [0.05, 0.1) is 17.2 Å². The van der Waals surface area contributed by atoms with Gasteiger partial charge in [0, 0.05) is 23.7 Å². The van der Waals surface area contributed by atoms with Crippen LogP contribution in [0, 0.1) is 6.92 Å². The zero-order chi connectivity index (χ0) is 13.0. The van der Waals surface area contributed by atoms with Gasteiger partial charge in [-0.05, 0) is 31.2 Å². The van der Waals surface area contributed by atoms with E-state index in [9.17, 15) is 4.79 Å². The van der Waals surface area contributed by atoms with E-state index < -0.39 is 0 Å². The van der Waals surface area contributed by atoms with Gasteiger partial charge < -0.3 is 10.6 Å². The predicted molar refractivity (Wildman–Crippen MR) is 74.0 cm³/mol. The smallest absolute Gasteiger partial charge is 0.251 e. The van der Waals surface area contributed by atoms with Crippen LogP contribution in [-0.2, 0) is 6.54 Å². The Kier molecular flexibility index (Phi) is 3.94. The van der Waals surface area contributed by atoms with Gasteiger partial charge in [-0.25, -0.2) is 4.98 Å². The topological polar surface area (TPSA) is 54.0 Å². The van der Waals surface area contributed by atoms with Crippen LogP contribution in [0.15, 0.2) is 29.6 Å². The lowest BCUT2D eigenvalue weighted by atomic mass is 10.2. The molecule has 18 heavy (non-hydrogen) atoms. The number of carbonyl (C=O) groups is 1. The highest BCUT2D eigenvalue weighted by Gasteiger charge is 2.06. The van der Waals surface area contributed by atoms with Gasteiger partial charge in [0.15, 0.2) is 0 Å². The zero-order valence-corrected chi connectivity index (χ0v) is 11.2. The lowest BCUT2D eigenvalue weighted by Gasteiger charge is -2.04. The molecule has 0 bridgehead atoms. The molecule has 0 saturated heterocycles. The molecule has 1 aromatic carbocycles. The summed E-state index contributed by atoms with van der Waals surface area (Å²) in [4.78, 5) is 16.2. The van der Waals surface area contributed by atoms with E-state index in [4.69, 9.17) is 0 Å². The van der Waals surface area contributed by atoms with Crippen LogP contribution in [0.2, 0.25) is 0 Å². The van der Waals surface area contributed by atoms with Crippen LogP contribution in [0.3, 0.4) is 0 Å². The Morgan fingerprint density at radius 2 is 2.06 bits per heavy atom. The molecule has 2 aromatic rings. The summed E-state index contributed by atoms with van der Waals surface area (Å²) in [6.07, 6.45) is 0. The highest BCUT2D eigenvalue weighted by molar-refractivity contribution is 7.09. The van der Waals surface area contributed by atoms with Crippen molar-refractivity contribution in [2.45, 2.75) is 13.5 Å². The van der Waals surface area contributed by atoms with Gasteiger partial charge in [-0.3, -0.25) is 4.79 Å². The summed E-state index contributed by atoms with van der Waals surface area (Å²) in [5.74, 6) is -0.0803. The minimum Gasteiger partial charge on any atom is -0.388 e. The molecule has 0 saturated carbocycles. The molecule has 0 aliphatic rings. The number of anilines is 1. The van der Waals surface area contributed by atoms with Crippen LogP contribution >= 0.6 is 11.3 Å². The van der Waals surface area contributed by atoms with Crippen molar-refractivity contribution >= 4 is 22.9 Å². The summed E-state index contributed by atoms with van der Waals surface area (Å²) in [5.41, 5.74) is 2.54. The Morgan fingerprint density at radius 1 is 1.33 bits per heavy atom. The molecule has 5 heteroatoms. The number of nitrogens with zero attached hydrogens (tertiary/aromatic N) is 1. The third-order valence-electron chi connectivity index (χ3n) is 2.53. The second-order valence-electron chi connectivity index (χ2n) is 3.87. The Labute approximate surface area is 110 Å². The van der Waals surface area contributed by atoms with Crippen molar-refractivity contribution in [3.8, 4) is 0 Å². The number of rotatable bonds is 4. The summed E-state index contributed by atoms with van der Waals surface area (Å²) in [6.45, 7) is 2.42. The summed E-state index contributed by atoms with van der Waals surface area (Å²) in [7, 11) is 1.85. The van der Waals surface area contributed by atoms with Crippen molar-refractivity contribution in [1.29, 1.82) is 0 Å². The fourth-order valence-corrected chi connectivity index (χ4v) is 2.16. The van der Waals surface area contributed by atoms with E-state index in [2.05, 4.69) is 15.6 Å². The second-order valence-corrected chi connectivity index (χ2v) is 4.93. The number of amides is 1. The molecule has 94 valence electrons. The Balaban J connectivity index is 1.94. The first-order chi connectivity index (χ1) is 8.69. The maximum Gasteiger partial charge on any atom is 0.251 e. The third-order valence-corrected chi connectivity index (χ3v) is 3.35. The first-order valence-corrected chi connectivity index (χ1v) is 6.54. The maximum absolute atomic E-state index is 11.9. The van der Waals surface area contributed by atoms with E-state index in [1.807, 2.05) is 31.5 Å². The largest absolute Gasteiger partial charge is 0.388 e. The number of benzene rings is 1. The van der Waals surface area contributed by atoms with Gasteiger partial charge in [-0.1, -0.05) is 0 Å². The van der Waals surface area contributed by atoms with Gasteiger partial charge >= 0.3 is 0 Å². The van der Waals surface area contributed by atoms with Crippen LogP contribution in [0.4, 0.5) is 5.69 Å². The molecular weight excluding hydrogens is 246 g/mol. The lowest BCUT2D eigenvalue weighted by Crippen LogP contribution is -2.22. The fraction of sp³-hybridized carbons (Fsp3) is 0.231. The summed E-state index contributed by atoms with van der Waals surface area (Å²) in [6, 6.07) is 7.35. The van der Waals surface area contributed by atoms with Crippen LogP contribution in [0.5, 0.6) is 0 Å². The Bertz CT molecular complexity index is 533. The van der Waals surface area contributed by atoms with Crippen molar-refractivity contribution in [1.82, 2.24) is 10.3 Å². The highest BCUT2D eigenvalue weighted by atomic mass is 32.1. The number of carbonyl (C=O) groups excluding carboxylic acids is 1. The second kappa shape index (κ2) is 5.64. The molecule has 0 atom stereocenters. The first kappa shape index (κ1) is 12.6. The highest BCUT2D eigenvalue weighted by Crippen LogP contribution is 2.10. The molecule has 1 amide bonds. The molecule has 0 radical (unpaired) electrons. The third kappa shape index (κ3) is 3.07. The van der Waals surface area contributed by atoms with Gasteiger partial charge in [0.25, 0.3) is 5.91 Å². The number of hydrogen-bond donors (Lipinski definition) is 2. The average Bonchev–Trinajstić information content (AvgIpc) is 2.82. The number of nitrogens with one attached hydrogen (secondary N) is 2. The molecule has 0 unspecified atom stereocenters. The molecule has 2 rings (SSSR count). The van der Waals surface area contributed by atoms with E-state index in [0.29, 0.717) is 12.1 Å². The number of thiazole rings is 1. The number of hydrogen-bond acceptors (Lipinski definition) is 4. The van der Waals surface area contributed by atoms with Gasteiger partial charge in [-0.2, -0.15) is 0 Å². The van der Waals surface area contributed by atoms with E-state index in [-0.39, 0.29) is 5.91 Å². The lowest BCUT2D eigenvalue weighted by molar-refractivity contribution is 0.0950. The molecule has 0 fully saturated rings. The van der Waals surface area contributed by atoms with E-state index in [1.165, 1.54) is 0 Å². The summed E-state index contributed by atoms with van der Waals surface area (Å²) in [5, 5.41) is 8.83. The van der Waals surface area contributed by atoms with Gasteiger partial charge in [-0.15, -0.1) is 11.3 Å². The molecule has 4 nitrogen and oxygen atoms in total. The van der Waals surface area contributed by atoms with Crippen LogP contribution in [-0.4, -0.2) is 17.9 Å². The van der Waals surface area contributed by atoms with Gasteiger partial charge in [0.2, 0.25) is 0 Å². The molecule has 0 spiro atoms. The van der Waals surface area contributed by atoms with Crippen molar-refractivity contribution in [2.75, 3.05) is 12.4 Å². The average molecular weight is 261 g/mol. The monoisotopic (exact) mass is 261 g/mol. The molecule has 1 aromatic heterocycles. The van der Waals surface area contributed by atoms with Crippen molar-refractivity contribution in [2.24, 2.45) is 0 Å². The van der Waals surface area contributed by atoms with Crippen molar-refractivity contribution in [3.05, 3.63) is 45.9 Å². The van der Waals surface area contributed by atoms with Gasteiger partial charge in [0.1, 0.15) is 0 Å². The minimum absolute atomic E-state index is 0.0803. The van der Waals surface area contributed by atoms with E-state index in [1.54, 1.807) is 23.5 Å². The van der Waals surface area contributed by atoms with E-state index in [0.717, 1.165) is 16.4 Å². The standard InChI is InChI=1S/C13H15N3OS/c1-9-16-12(8-18-9)7-15-13(17)10-3-5-11(14-2)6-4-10/h3-6,8,14H,7H2,1-2H3,(H,15,17). The summed E-state index contributed by atoms with van der Waals surface area (Å²) >= 11 is 1.59. The number of aromatic nitrogens is 1. The predicted octanol–water partition coefficient (Wildman–Crippen LogP) is 2.42. The Morgan fingerprint density at radius 3 is 2.61 bits per heavy atom. The van der Waals surface area contributed by atoms with Crippen LogP contribution < -0.4 is 10.6 Å². The first-order valence-electron chi connectivity index (χ1n) is 5.66. The van der Waals surface area contributed by atoms with E-state index >= 15 is 0 Å². The quantitative estimate of drug-likeness (QED) is 0.888. The molecular formula is C13H15N3OS. The van der Waals surface area contributed by atoms with Crippen molar-refractivity contribution in [3.63, 3.8) is 0 Å². The Hall–Kier alpha value is -1.88. The van der Waals surface area contributed by atoms with Crippen LogP contribution in [0.1, 0.15) is 21.1 Å². The summed E-state index contributed by atoms with van der Waals surface area (Å²) < 4.78 is 0. The maximum atomic E-state index is 11.9. The normalized spacial score (nSPS) is 10.1. The number of aryl methyl sites for hydroxylation is 1. The minimum atomic E-state index is -0.0803. The zero-order valence-electron chi connectivity index (χ0n) is 10.4. The SMILES string of the molecule is CNc1ccc(C(=O)NCc2csc(C)n2)cc1. The molecule has 0 aliphatic heterocycles. The van der Waals surface area contributed by atoms with Crippen LogP contribution in [0.25, 0.3) is 0 Å². The van der Waals surface area contributed by atoms with Crippen molar-refractivity contribution < 1.29 is 4.79 Å². The fourth-order valence-electron chi connectivity index (χ4n) is 1.55. The molecule has 1 heterocycles. The molecule has 0 aliphatic carbocycles. The molecule has 2 N–H and O–H groups in total.